The lowest BCUT2D eigenvalue weighted by Gasteiger charge is -2.37. The molecule has 1 aliphatic heterocycles. The van der Waals surface area contributed by atoms with Crippen LogP contribution < -0.4 is 0 Å². The van der Waals surface area contributed by atoms with Crippen molar-refractivity contribution in [2.45, 2.75) is 45.6 Å². The number of carbonyl (C=O) groups is 1. The average Bonchev–Trinajstić information content (AvgIpc) is 3.23. The Labute approximate surface area is 117 Å². The summed E-state index contributed by atoms with van der Waals surface area (Å²) in [5.74, 6) is 1.47. The van der Waals surface area contributed by atoms with Crippen molar-refractivity contribution in [2.24, 2.45) is 11.8 Å². The Morgan fingerprint density at radius 1 is 1.32 bits per heavy atom. The normalized spacial score (nSPS) is 22.4. The predicted molar refractivity (Wildman–Crippen MR) is 76.1 cm³/mol. The summed E-state index contributed by atoms with van der Waals surface area (Å²) in [6.07, 6.45) is 4.83. The van der Waals surface area contributed by atoms with E-state index in [1.165, 1.54) is 12.8 Å². The lowest BCUT2D eigenvalue weighted by Crippen LogP contribution is -2.51. The number of piperidine rings is 1. The van der Waals surface area contributed by atoms with Crippen LogP contribution in [0.25, 0.3) is 0 Å². The maximum Gasteiger partial charge on any atom is 0.320 e. The zero-order chi connectivity index (χ0) is 13.8. The van der Waals surface area contributed by atoms with Crippen molar-refractivity contribution in [1.82, 2.24) is 9.80 Å². The molecule has 1 unspecified atom stereocenters. The first-order valence-electron chi connectivity index (χ1n) is 7.68. The fraction of sp³-hybridized carbons (Fsp3) is 0.933. The minimum absolute atomic E-state index is 0.225. The summed E-state index contributed by atoms with van der Waals surface area (Å²) in [6.45, 7) is 7.66. The number of hydrogen-bond acceptors (Lipinski definition) is 2. The van der Waals surface area contributed by atoms with Crippen molar-refractivity contribution in [2.75, 3.05) is 33.4 Å². The minimum atomic E-state index is 0.225. The van der Waals surface area contributed by atoms with Gasteiger partial charge in [-0.15, -0.1) is 0 Å². The number of hydrogen-bond donors (Lipinski definition) is 0. The van der Waals surface area contributed by atoms with Crippen molar-refractivity contribution in [3.63, 3.8) is 0 Å². The van der Waals surface area contributed by atoms with Crippen LogP contribution in [0.5, 0.6) is 0 Å². The number of urea groups is 1. The van der Waals surface area contributed by atoms with Gasteiger partial charge in [-0.25, -0.2) is 4.79 Å². The summed E-state index contributed by atoms with van der Waals surface area (Å²) in [7, 11) is 1.70. The maximum atomic E-state index is 12.7. The summed E-state index contributed by atoms with van der Waals surface area (Å²) in [6, 6.07) is 0.588. The van der Waals surface area contributed by atoms with Gasteiger partial charge in [-0.3, -0.25) is 0 Å². The quantitative estimate of drug-likeness (QED) is 0.768. The van der Waals surface area contributed by atoms with Crippen LogP contribution in [0.1, 0.15) is 39.5 Å². The molecule has 0 aromatic heterocycles. The molecule has 2 fully saturated rings. The van der Waals surface area contributed by atoms with Crippen LogP contribution in [0.4, 0.5) is 4.79 Å². The van der Waals surface area contributed by atoms with E-state index in [1.807, 2.05) is 9.80 Å². The molecule has 0 aromatic rings. The molecule has 2 aliphatic rings. The topological polar surface area (TPSA) is 32.8 Å². The number of methoxy groups -OCH3 is 1. The van der Waals surface area contributed by atoms with Crippen LogP contribution in [-0.4, -0.2) is 55.2 Å². The van der Waals surface area contributed by atoms with E-state index in [4.69, 9.17) is 4.74 Å². The first-order chi connectivity index (χ1) is 9.13. The Hall–Kier alpha value is -0.770. The molecule has 0 spiro atoms. The van der Waals surface area contributed by atoms with Crippen LogP contribution in [-0.2, 0) is 4.74 Å². The van der Waals surface area contributed by atoms with Crippen LogP contribution in [0, 0.1) is 11.8 Å². The highest BCUT2D eigenvalue weighted by Gasteiger charge is 2.36. The molecular formula is C15H28N2O2. The third kappa shape index (κ3) is 3.85. The van der Waals surface area contributed by atoms with E-state index >= 15 is 0 Å². The number of likely N-dealkylation sites (tertiary alicyclic amines) is 1. The van der Waals surface area contributed by atoms with Crippen LogP contribution in [0.2, 0.25) is 0 Å². The second-order valence-corrected chi connectivity index (χ2v) is 6.22. The van der Waals surface area contributed by atoms with Gasteiger partial charge in [0.05, 0.1) is 6.61 Å². The van der Waals surface area contributed by atoms with Gasteiger partial charge >= 0.3 is 6.03 Å². The summed E-state index contributed by atoms with van der Waals surface area (Å²) in [4.78, 5) is 16.8. The van der Waals surface area contributed by atoms with Gasteiger partial charge in [-0.2, -0.15) is 0 Å². The summed E-state index contributed by atoms with van der Waals surface area (Å²) < 4.78 is 5.16. The maximum absolute atomic E-state index is 12.7. The van der Waals surface area contributed by atoms with Crippen LogP contribution in [0.3, 0.4) is 0 Å². The molecule has 2 rings (SSSR count). The molecule has 4 heteroatoms. The highest BCUT2D eigenvalue weighted by molar-refractivity contribution is 5.75. The fourth-order valence-electron chi connectivity index (χ4n) is 2.88. The zero-order valence-electron chi connectivity index (χ0n) is 12.6. The minimum Gasteiger partial charge on any atom is -0.383 e. The molecular weight excluding hydrogens is 240 g/mol. The van der Waals surface area contributed by atoms with Gasteiger partial charge in [-0.1, -0.05) is 6.92 Å². The molecule has 19 heavy (non-hydrogen) atoms. The lowest BCUT2D eigenvalue weighted by atomic mass is 9.99. The van der Waals surface area contributed by atoms with Gasteiger partial charge in [0.15, 0.2) is 0 Å². The summed E-state index contributed by atoms with van der Waals surface area (Å²) in [5.41, 5.74) is 0. The van der Waals surface area contributed by atoms with Crippen molar-refractivity contribution in [1.29, 1.82) is 0 Å². The largest absolute Gasteiger partial charge is 0.383 e. The number of nitrogens with zero attached hydrogens (tertiary/aromatic N) is 2. The zero-order valence-corrected chi connectivity index (χ0v) is 12.6. The van der Waals surface area contributed by atoms with Crippen molar-refractivity contribution < 1.29 is 9.53 Å². The highest BCUT2D eigenvalue weighted by atomic mass is 16.5. The van der Waals surface area contributed by atoms with Crippen molar-refractivity contribution in [3.8, 4) is 0 Å². The second kappa shape index (κ2) is 6.60. The molecule has 1 aliphatic carbocycles. The van der Waals surface area contributed by atoms with Crippen molar-refractivity contribution in [3.05, 3.63) is 0 Å². The SMILES string of the molecule is COCCN(C(=O)N1CCC(C)CC1)C(C)C1CC1. The average molecular weight is 268 g/mol. The highest BCUT2D eigenvalue weighted by Crippen LogP contribution is 2.35. The molecule has 1 saturated heterocycles. The Balaban J connectivity index is 1.93. The standard InChI is InChI=1S/C15H28N2O2/c1-12-6-8-16(9-7-12)15(18)17(10-11-19-3)13(2)14-4-5-14/h12-14H,4-11H2,1-3H3. The third-order valence-corrected chi connectivity index (χ3v) is 4.63. The van der Waals surface area contributed by atoms with E-state index in [2.05, 4.69) is 13.8 Å². The first-order valence-corrected chi connectivity index (χ1v) is 7.68. The molecule has 1 heterocycles. The number of rotatable bonds is 5. The van der Waals surface area contributed by atoms with Gasteiger partial charge in [0.25, 0.3) is 0 Å². The van der Waals surface area contributed by atoms with Crippen LogP contribution in [0.15, 0.2) is 0 Å². The van der Waals surface area contributed by atoms with Crippen molar-refractivity contribution >= 4 is 6.03 Å². The smallest absolute Gasteiger partial charge is 0.320 e. The second-order valence-electron chi connectivity index (χ2n) is 6.22. The van der Waals surface area contributed by atoms with E-state index in [1.54, 1.807) is 7.11 Å². The Bertz CT molecular complexity index is 297. The fourth-order valence-corrected chi connectivity index (χ4v) is 2.88. The van der Waals surface area contributed by atoms with E-state index in [-0.39, 0.29) is 6.03 Å². The molecule has 4 nitrogen and oxygen atoms in total. The summed E-state index contributed by atoms with van der Waals surface area (Å²) >= 11 is 0. The summed E-state index contributed by atoms with van der Waals surface area (Å²) in [5, 5.41) is 0. The number of ether oxygens (including phenoxy) is 1. The number of amides is 2. The molecule has 2 amide bonds. The monoisotopic (exact) mass is 268 g/mol. The molecule has 110 valence electrons. The van der Waals surface area contributed by atoms with Crippen LogP contribution >= 0.6 is 0 Å². The van der Waals surface area contributed by atoms with Gasteiger partial charge in [0.2, 0.25) is 0 Å². The molecule has 1 atom stereocenters. The number of carbonyl (C=O) groups excluding carboxylic acids is 1. The third-order valence-electron chi connectivity index (χ3n) is 4.63. The molecule has 1 saturated carbocycles. The molecule has 0 radical (unpaired) electrons. The molecule has 0 bridgehead atoms. The van der Waals surface area contributed by atoms with Gasteiger partial charge < -0.3 is 14.5 Å². The van der Waals surface area contributed by atoms with E-state index in [0.29, 0.717) is 18.6 Å². The van der Waals surface area contributed by atoms with Gasteiger partial charge in [0.1, 0.15) is 0 Å². The first kappa shape index (κ1) is 14.6. The Morgan fingerprint density at radius 2 is 1.95 bits per heavy atom. The molecule has 0 aromatic carbocycles. The Morgan fingerprint density at radius 3 is 2.47 bits per heavy atom. The lowest BCUT2D eigenvalue weighted by molar-refractivity contribution is 0.0941. The predicted octanol–water partition coefficient (Wildman–Crippen LogP) is 2.59. The van der Waals surface area contributed by atoms with E-state index in [0.717, 1.165) is 38.4 Å². The Kier molecular flexibility index (Phi) is 5.08. The van der Waals surface area contributed by atoms with Gasteiger partial charge in [0, 0.05) is 32.8 Å². The molecule has 0 N–H and O–H groups in total. The van der Waals surface area contributed by atoms with Gasteiger partial charge in [-0.05, 0) is 44.4 Å². The van der Waals surface area contributed by atoms with E-state index in [9.17, 15) is 4.79 Å². The van der Waals surface area contributed by atoms with E-state index < -0.39 is 0 Å².